The normalized spacial score (nSPS) is 16.6. The molecule has 0 saturated heterocycles. The lowest BCUT2D eigenvalue weighted by molar-refractivity contribution is -0.193. The summed E-state index contributed by atoms with van der Waals surface area (Å²) in [5, 5.41) is 9.72. The molecule has 0 amide bonds. The van der Waals surface area contributed by atoms with Crippen LogP contribution in [-0.4, -0.2) is 39.6 Å². The van der Waals surface area contributed by atoms with Crippen LogP contribution in [0.5, 0.6) is 5.88 Å². The van der Waals surface area contributed by atoms with Crippen molar-refractivity contribution in [2.75, 3.05) is 0 Å². The summed E-state index contributed by atoms with van der Waals surface area (Å²) in [6, 6.07) is 3.46. The molecular formula is C15H10Cl2F3N3O4. The number of hydrogen-bond donors (Lipinski definition) is 1. The molecule has 0 spiro atoms. The number of aromatic nitrogens is 3. The minimum Gasteiger partial charge on any atom is -0.471 e. The SMILES string of the molecule is O=C(OC(=O)C(F)(F)F)c1[nH]nnc1OC1CCc2cc(Cl)c(Cl)cc2C1. The Hall–Kier alpha value is -2.33. The largest absolute Gasteiger partial charge is 0.491 e. The van der Waals surface area contributed by atoms with Crippen LogP contribution in [-0.2, 0) is 22.4 Å². The number of rotatable bonds is 3. The van der Waals surface area contributed by atoms with Crippen molar-refractivity contribution in [3.05, 3.63) is 39.0 Å². The van der Waals surface area contributed by atoms with Gasteiger partial charge in [0.2, 0.25) is 5.69 Å². The average Bonchev–Trinajstić information content (AvgIpc) is 3.03. The van der Waals surface area contributed by atoms with Gasteiger partial charge in [-0.05, 0) is 36.1 Å². The van der Waals surface area contributed by atoms with Crippen molar-refractivity contribution >= 4 is 35.1 Å². The van der Waals surface area contributed by atoms with Gasteiger partial charge in [0.25, 0.3) is 5.88 Å². The third-order valence-electron chi connectivity index (χ3n) is 3.84. The highest BCUT2D eigenvalue weighted by Crippen LogP contribution is 2.32. The van der Waals surface area contributed by atoms with Crippen molar-refractivity contribution in [1.29, 1.82) is 0 Å². The lowest BCUT2D eigenvalue weighted by Gasteiger charge is -2.25. The van der Waals surface area contributed by atoms with Gasteiger partial charge in [-0.1, -0.05) is 33.5 Å². The zero-order valence-electron chi connectivity index (χ0n) is 13.3. The Balaban J connectivity index is 1.71. The summed E-state index contributed by atoms with van der Waals surface area (Å²) in [6.45, 7) is 0. The van der Waals surface area contributed by atoms with Crippen LogP contribution in [0.15, 0.2) is 12.1 Å². The van der Waals surface area contributed by atoms with E-state index in [0.717, 1.165) is 11.1 Å². The van der Waals surface area contributed by atoms with Crippen molar-refractivity contribution in [3.8, 4) is 5.88 Å². The molecule has 144 valence electrons. The standard InChI is InChI=1S/C15H10Cl2F3N3O4/c16-9-4-6-1-2-8(3-7(6)5-10(9)17)26-12-11(21-23-22-12)13(24)27-14(25)15(18,19)20/h4-5,8H,1-3H2,(H,21,22,23). The fraction of sp³-hybridized carbons (Fsp3) is 0.333. The van der Waals surface area contributed by atoms with Crippen molar-refractivity contribution in [2.24, 2.45) is 0 Å². The van der Waals surface area contributed by atoms with Crippen LogP contribution in [0.1, 0.15) is 28.0 Å². The molecule has 1 aromatic heterocycles. The highest BCUT2D eigenvalue weighted by Gasteiger charge is 2.43. The molecule has 1 unspecified atom stereocenters. The first-order valence-electron chi connectivity index (χ1n) is 7.53. The molecule has 1 heterocycles. The fourth-order valence-electron chi connectivity index (χ4n) is 2.60. The Kier molecular flexibility index (Phi) is 5.29. The number of aromatic amines is 1. The molecule has 0 radical (unpaired) electrons. The molecule has 1 aliphatic carbocycles. The van der Waals surface area contributed by atoms with Gasteiger partial charge in [0, 0.05) is 6.42 Å². The molecule has 2 aromatic rings. The maximum Gasteiger partial charge on any atom is 0.491 e. The van der Waals surface area contributed by atoms with Gasteiger partial charge >= 0.3 is 18.1 Å². The Morgan fingerprint density at radius 2 is 1.85 bits per heavy atom. The van der Waals surface area contributed by atoms with E-state index in [1.807, 2.05) is 0 Å². The molecule has 0 saturated carbocycles. The number of fused-ring (bicyclic) bond motifs is 1. The third-order valence-corrected chi connectivity index (χ3v) is 4.56. The maximum atomic E-state index is 12.2. The third kappa shape index (κ3) is 4.33. The molecule has 0 bridgehead atoms. The lowest BCUT2D eigenvalue weighted by atomic mass is 9.90. The van der Waals surface area contributed by atoms with Crippen molar-refractivity contribution in [1.82, 2.24) is 15.4 Å². The number of nitrogens with one attached hydrogen (secondary N) is 1. The molecule has 1 aliphatic rings. The van der Waals surface area contributed by atoms with Gasteiger partial charge in [-0.2, -0.15) is 13.2 Å². The van der Waals surface area contributed by atoms with Crippen LogP contribution in [0.2, 0.25) is 10.0 Å². The quantitative estimate of drug-likeness (QED) is 0.601. The van der Waals surface area contributed by atoms with Gasteiger partial charge in [0.05, 0.1) is 10.0 Å². The van der Waals surface area contributed by atoms with E-state index < -0.39 is 29.9 Å². The lowest BCUT2D eigenvalue weighted by Crippen LogP contribution is -2.29. The van der Waals surface area contributed by atoms with Crippen molar-refractivity contribution in [3.63, 3.8) is 0 Å². The van der Waals surface area contributed by atoms with Crippen LogP contribution in [0.25, 0.3) is 0 Å². The summed E-state index contributed by atoms with van der Waals surface area (Å²) in [5.74, 6) is -4.60. The van der Waals surface area contributed by atoms with Gasteiger partial charge < -0.3 is 9.47 Å². The monoisotopic (exact) mass is 423 g/mol. The first-order chi connectivity index (χ1) is 12.6. The van der Waals surface area contributed by atoms with Gasteiger partial charge in [0.1, 0.15) is 6.10 Å². The molecule has 27 heavy (non-hydrogen) atoms. The van der Waals surface area contributed by atoms with Crippen LogP contribution in [0, 0.1) is 0 Å². The number of ether oxygens (including phenoxy) is 2. The zero-order chi connectivity index (χ0) is 19.8. The molecule has 12 heteroatoms. The Morgan fingerprint density at radius 3 is 2.52 bits per heavy atom. The average molecular weight is 424 g/mol. The first-order valence-corrected chi connectivity index (χ1v) is 8.28. The number of halogens is 5. The van der Waals surface area contributed by atoms with E-state index in [1.54, 1.807) is 12.1 Å². The summed E-state index contributed by atoms with van der Waals surface area (Å²) >= 11 is 12.0. The second-order valence-corrected chi connectivity index (χ2v) is 6.50. The summed E-state index contributed by atoms with van der Waals surface area (Å²) in [5.41, 5.74) is 1.30. The Labute approximate surface area is 159 Å². The second kappa shape index (κ2) is 7.35. The number of carbonyl (C=O) groups is 2. The topological polar surface area (TPSA) is 94.2 Å². The molecule has 1 atom stereocenters. The Bertz CT molecular complexity index is 901. The fourth-order valence-corrected chi connectivity index (χ4v) is 2.97. The van der Waals surface area contributed by atoms with Gasteiger partial charge in [0.15, 0.2) is 0 Å². The number of esters is 2. The summed E-state index contributed by atoms with van der Waals surface area (Å²) in [4.78, 5) is 22.5. The molecule has 7 nitrogen and oxygen atoms in total. The van der Waals surface area contributed by atoms with Gasteiger partial charge in [-0.3, -0.25) is 0 Å². The summed E-state index contributed by atoms with van der Waals surface area (Å²) in [7, 11) is 0. The first kappa shape index (κ1) is 19.4. The number of benzene rings is 1. The van der Waals surface area contributed by atoms with Crippen LogP contribution in [0.4, 0.5) is 13.2 Å². The second-order valence-electron chi connectivity index (χ2n) is 5.68. The summed E-state index contributed by atoms with van der Waals surface area (Å²) < 4.78 is 45.9. The number of carbonyl (C=O) groups excluding carboxylic acids is 2. The van der Waals surface area contributed by atoms with E-state index in [9.17, 15) is 22.8 Å². The zero-order valence-corrected chi connectivity index (χ0v) is 14.8. The highest BCUT2D eigenvalue weighted by molar-refractivity contribution is 6.42. The molecule has 1 aromatic carbocycles. The minimum absolute atomic E-state index is 0.358. The number of H-pyrrole nitrogens is 1. The van der Waals surface area contributed by atoms with Gasteiger partial charge in [-0.25, -0.2) is 14.7 Å². The van der Waals surface area contributed by atoms with Crippen LogP contribution < -0.4 is 4.74 Å². The van der Waals surface area contributed by atoms with E-state index >= 15 is 0 Å². The number of nitrogens with zero attached hydrogens (tertiary/aromatic N) is 2. The number of hydrogen-bond acceptors (Lipinski definition) is 6. The predicted molar refractivity (Wildman–Crippen MR) is 85.8 cm³/mol. The maximum absolute atomic E-state index is 12.2. The predicted octanol–water partition coefficient (Wildman–Crippen LogP) is 3.29. The molecular weight excluding hydrogens is 414 g/mol. The Morgan fingerprint density at radius 1 is 1.19 bits per heavy atom. The van der Waals surface area contributed by atoms with E-state index in [0.29, 0.717) is 29.3 Å². The van der Waals surface area contributed by atoms with Gasteiger partial charge in [-0.15, -0.1) is 0 Å². The van der Waals surface area contributed by atoms with Crippen LogP contribution in [0.3, 0.4) is 0 Å². The van der Waals surface area contributed by atoms with E-state index in [2.05, 4.69) is 20.1 Å². The van der Waals surface area contributed by atoms with Crippen LogP contribution >= 0.6 is 23.2 Å². The number of alkyl halides is 3. The van der Waals surface area contributed by atoms with E-state index in [4.69, 9.17) is 27.9 Å². The molecule has 3 rings (SSSR count). The summed E-state index contributed by atoms with van der Waals surface area (Å²) in [6.07, 6.45) is -4.19. The van der Waals surface area contributed by atoms with E-state index in [-0.39, 0.29) is 5.88 Å². The minimum atomic E-state index is -5.31. The van der Waals surface area contributed by atoms with Crippen molar-refractivity contribution in [2.45, 2.75) is 31.5 Å². The molecule has 1 N–H and O–H groups in total. The smallest absolute Gasteiger partial charge is 0.471 e. The molecule has 0 aliphatic heterocycles. The highest BCUT2D eigenvalue weighted by atomic mass is 35.5. The molecule has 0 fully saturated rings. The number of aryl methyl sites for hydroxylation is 1. The van der Waals surface area contributed by atoms with E-state index in [1.165, 1.54) is 0 Å². The van der Waals surface area contributed by atoms with Crippen molar-refractivity contribution < 1.29 is 32.2 Å².